The van der Waals surface area contributed by atoms with Crippen molar-refractivity contribution in [1.82, 2.24) is 0 Å². The van der Waals surface area contributed by atoms with Crippen molar-refractivity contribution in [3.63, 3.8) is 0 Å². The summed E-state index contributed by atoms with van der Waals surface area (Å²) in [6.45, 7) is 1.90. The average Bonchev–Trinajstić information content (AvgIpc) is 2.38. The standard InChI is InChI=1S/C15H14ClFO2/c1-10(18)13-4-2-3-5-15(13)19-9-11-6-7-12(17)8-14(11)16/h2-8,10,18H,9H2,1H3/t10-/m1/s1. The zero-order valence-corrected chi connectivity index (χ0v) is 11.2. The Labute approximate surface area is 116 Å². The van der Waals surface area contributed by atoms with Gasteiger partial charge in [0.2, 0.25) is 0 Å². The van der Waals surface area contributed by atoms with E-state index >= 15 is 0 Å². The first-order valence-corrected chi connectivity index (χ1v) is 6.29. The molecule has 0 aliphatic carbocycles. The largest absolute Gasteiger partial charge is 0.488 e. The van der Waals surface area contributed by atoms with Crippen LogP contribution in [-0.2, 0) is 6.61 Å². The molecule has 4 heteroatoms. The number of para-hydroxylation sites is 1. The van der Waals surface area contributed by atoms with Gasteiger partial charge in [-0.25, -0.2) is 4.39 Å². The van der Waals surface area contributed by atoms with Crippen LogP contribution in [0.15, 0.2) is 42.5 Å². The second kappa shape index (κ2) is 6.04. The molecule has 2 aromatic rings. The van der Waals surface area contributed by atoms with E-state index in [1.165, 1.54) is 12.1 Å². The van der Waals surface area contributed by atoms with Crippen molar-refractivity contribution in [1.29, 1.82) is 0 Å². The zero-order valence-electron chi connectivity index (χ0n) is 10.4. The lowest BCUT2D eigenvalue weighted by molar-refractivity contribution is 0.190. The van der Waals surface area contributed by atoms with Crippen molar-refractivity contribution < 1.29 is 14.2 Å². The highest BCUT2D eigenvalue weighted by atomic mass is 35.5. The van der Waals surface area contributed by atoms with Crippen molar-refractivity contribution >= 4 is 11.6 Å². The molecule has 0 spiro atoms. The van der Waals surface area contributed by atoms with Crippen LogP contribution in [-0.4, -0.2) is 5.11 Å². The van der Waals surface area contributed by atoms with Gasteiger partial charge < -0.3 is 9.84 Å². The molecule has 19 heavy (non-hydrogen) atoms. The third-order valence-electron chi connectivity index (χ3n) is 2.77. The number of halogens is 2. The fraction of sp³-hybridized carbons (Fsp3) is 0.200. The van der Waals surface area contributed by atoms with E-state index in [-0.39, 0.29) is 12.4 Å². The predicted molar refractivity (Wildman–Crippen MR) is 72.8 cm³/mol. The summed E-state index contributed by atoms with van der Waals surface area (Å²) in [5.74, 6) is 0.219. The SMILES string of the molecule is C[C@@H](O)c1ccccc1OCc1ccc(F)cc1Cl. The van der Waals surface area contributed by atoms with E-state index in [9.17, 15) is 9.50 Å². The second-order valence-corrected chi connectivity index (χ2v) is 4.65. The molecule has 0 unspecified atom stereocenters. The molecule has 0 saturated heterocycles. The summed E-state index contributed by atoms with van der Waals surface area (Å²) < 4.78 is 18.6. The van der Waals surface area contributed by atoms with Crippen LogP contribution >= 0.6 is 11.6 Å². The molecule has 0 amide bonds. The molecule has 0 bridgehead atoms. The Morgan fingerprint density at radius 3 is 2.68 bits per heavy atom. The van der Waals surface area contributed by atoms with Crippen LogP contribution in [0.2, 0.25) is 5.02 Å². The van der Waals surface area contributed by atoms with Crippen LogP contribution in [0.25, 0.3) is 0 Å². The maximum Gasteiger partial charge on any atom is 0.125 e. The molecule has 2 nitrogen and oxygen atoms in total. The monoisotopic (exact) mass is 280 g/mol. The third kappa shape index (κ3) is 3.46. The van der Waals surface area contributed by atoms with Crippen LogP contribution in [0, 0.1) is 5.82 Å². The Balaban J connectivity index is 2.14. The number of aliphatic hydroxyl groups excluding tert-OH is 1. The van der Waals surface area contributed by atoms with E-state index in [0.717, 1.165) is 0 Å². The van der Waals surface area contributed by atoms with Gasteiger partial charge in [0.15, 0.2) is 0 Å². The topological polar surface area (TPSA) is 29.5 Å². The summed E-state index contributed by atoms with van der Waals surface area (Å²) in [4.78, 5) is 0. The van der Waals surface area contributed by atoms with E-state index in [1.54, 1.807) is 25.1 Å². The fourth-order valence-electron chi connectivity index (χ4n) is 1.75. The molecule has 0 saturated carbocycles. The quantitative estimate of drug-likeness (QED) is 0.913. The fourth-order valence-corrected chi connectivity index (χ4v) is 1.97. The van der Waals surface area contributed by atoms with E-state index in [2.05, 4.69) is 0 Å². The molecule has 0 aromatic heterocycles. The highest BCUT2D eigenvalue weighted by molar-refractivity contribution is 6.31. The lowest BCUT2D eigenvalue weighted by Gasteiger charge is -2.13. The van der Waals surface area contributed by atoms with Crippen molar-refractivity contribution in [2.24, 2.45) is 0 Å². The lowest BCUT2D eigenvalue weighted by Crippen LogP contribution is -2.01. The number of aliphatic hydroxyl groups is 1. The molecule has 0 aliphatic heterocycles. The van der Waals surface area contributed by atoms with Crippen LogP contribution in [0.4, 0.5) is 4.39 Å². The molecule has 1 N–H and O–H groups in total. The molecule has 0 fully saturated rings. The second-order valence-electron chi connectivity index (χ2n) is 4.24. The molecule has 2 aromatic carbocycles. The van der Waals surface area contributed by atoms with Crippen molar-refractivity contribution in [2.75, 3.05) is 0 Å². The Bertz CT molecular complexity index is 570. The number of ether oxygens (including phenoxy) is 1. The van der Waals surface area contributed by atoms with Crippen molar-refractivity contribution in [3.05, 3.63) is 64.4 Å². The molecule has 2 rings (SSSR count). The number of hydrogen-bond donors (Lipinski definition) is 1. The van der Waals surface area contributed by atoms with Gasteiger partial charge in [-0.05, 0) is 25.1 Å². The smallest absolute Gasteiger partial charge is 0.125 e. The van der Waals surface area contributed by atoms with E-state index in [0.29, 0.717) is 21.9 Å². The van der Waals surface area contributed by atoms with Gasteiger partial charge in [-0.2, -0.15) is 0 Å². The number of benzene rings is 2. The van der Waals surface area contributed by atoms with E-state index in [4.69, 9.17) is 16.3 Å². The van der Waals surface area contributed by atoms with Crippen molar-refractivity contribution in [2.45, 2.75) is 19.6 Å². The normalized spacial score (nSPS) is 12.2. The molecule has 0 aliphatic rings. The first kappa shape index (κ1) is 13.8. The summed E-state index contributed by atoms with van der Waals surface area (Å²) in [6.07, 6.45) is -0.611. The molecule has 0 radical (unpaired) electrons. The number of rotatable bonds is 4. The first-order valence-electron chi connectivity index (χ1n) is 5.91. The zero-order chi connectivity index (χ0) is 13.8. The maximum atomic E-state index is 12.9. The Morgan fingerprint density at radius 2 is 2.00 bits per heavy atom. The highest BCUT2D eigenvalue weighted by Gasteiger charge is 2.09. The minimum atomic E-state index is -0.611. The molecule has 100 valence electrons. The predicted octanol–water partition coefficient (Wildman–Crippen LogP) is 4.11. The lowest BCUT2D eigenvalue weighted by atomic mass is 10.1. The van der Waals surface area contributed by atoms with Gasteiger partial charge in [-0.1, -0.05) is 35.9 Å². The van der Waals surface area contributed by atoms with Crippen LogP contribution in [0.1, 0.15) is 24.2 Å². The summed E-state index contributed by atoms with van der Waals surface area (Å²) in [5, 5.41) is 9.97. The number of hydrogen-bond acceptors (Lipinski definition) is 2. The Kier molecular flexibility index (Phi) is 4.40. The summed E-state index contributed by atoms with van der Waals surface area (Å²) in [6, 6.07) is 11.4. The van der Waals surface area contributed by atoms with E-state index in [1.807, 2.05) is 12.1 Å². The van der Waals surface area contributed by atoms with Gasteiger partial charge >= 0.3 is 0 Å². The molecule has 1 atom stereocenters. The average molecular weight is 281 g/mol. The van der Waals surface area contributed by atoms with Gasteiger partial charge in [0.05, 0.1) is 11.1 Å². The minimum absolute atomic E-state index is 0.225. The molecular weight excluding hydrogens is 267 g/mol. The Morgan fingerprint density at radius 1 is 1.26 bits per heavy atom. The summed E-state index contributed by atoms with van der Waals surface area (Å²) in [7, 11) is 0. The van der Waals surface area contributed by atoms with E-state index < -0.39 is 6.10 Å². The van der Waals surface area contributed by atoms with Gasteiger partial charge in [0, 0.05) is 11.1 Å². The van der Waals surface area contributed by atoms with Crippen LogP contribution in [0.5, 0.6) is 5.75 Å². The third-order valence-corrected chi connectivity index (χ3v) is 3.12. The Hall–Kier alpha value is -1.58. The molecular formula is C15H14ClFO2. The summed E-state index contributed by atoms with van der Waals surface area (Å²) in [5.41, 5.74) is 1.41. The molecule has 0 heterocycles. The van der Waals surface area contributed by atoms with Gasteiger partial charge in [-0.15, -0.1) is 0 Å². The van der Waals surface area contributed by atoms with Crippen molar-refractivity contribution in [3.8, 4) is 5.75 Å². The van der Waals surface area contributed by atoms with Crippen LogP contribution < -0.4 is 4.74 Å². The first-order chi connectivity index (χ1) is 9.08. The maximum absolute atomic E-state index is 12.9. The van der Waals surface area contributed by atoms with Gasteiger partial charge in [0.1, 0.15) is 18.2 Å². The van der Waals surface area contributed by atoms with Gasteiger partial charge in [0.25, 0.3) is 0 Å². The van der Waals surface area contributed by atoms with Crippen LogP contribution in [0.3, 0.4) is 0 Å². The summed E-state index contributed by atoms with van der Waals surface area (Å²) >= 11 is 5.93. The minimum Gasteiger partial charge on any atom is -0.488 e. The van der Waals surface area contributed by atoms with Gasteiger partial charge in [-0.3, -0.25) is 0 Å². The highest BCUT2D eigenvalue weighted by Crippen LogP contribution is 2.26.